The Morgan fingerprint density at radius 3 is 2.62 bits per heavy atom. The second-order valence-corrected chi connectivity index (χ2v) is 9.32. The van der Waals surface area contributed by atoms with E-state index < -0.39 is 0 Å². The zero-order valence-electron chi connectivity index (χ0n) is 15.5. The summed E-state index contributed by atoms with van der Waals surface area (Å²) in [5, 5.41) is 3.73. The summed E-state index contributed by atoms with van der Waals surface area (Å²) < 4.78 is 5.88. The van der Waals surface area contributed by atoms with Gasteiger partial charge in [-0.2, -0.15) is 0 Å². The number of carbonyl (C=O) groups is 1. The highest BCUT2D eigenvalue weighted by Crippen LogP contribution is 2.26. The first-order valence-electron chi connectivity index (χ1n) is 8.42. The van der Waals surface area contributed by atoms with E-state index in [1.165, 1.54) is 11.8 Å². The molecule has 0 aliphatic heterocycles. The lowest BCUT2D eigenvalue weighted by Crippen LogP contribution is -2.22. The molecule has 0 saturated carbocycles. The van der Waals surface area contributed by atoms with Gasteiger partial charge in [0.25, 0.3) is 0 Å². The smallest absolute Gasteiger partial charge is 0.225 e. The van der Waals surface area contributed by atoms with Crippen LogP contribution in [0, 0.1) is 5.41 Å². The lowest BCUT2D eigenvalue weighted by atomic mass is 9.88. The van der Waals surface area contributed by atoms with Gasteiger partial charge in [0.15, 0.2) is 0 Å². The van der Waals surface area contributed by atoms with Gasteiger partial charge < -0.3 is 10.1 Å². The molecule has 0 saturated heterocycles. The first kappa shape index (κ1) is 23.4. The Hall–Kier alpha value is -0.630. The van der Waals surface area contributed by atoms with Gasteiger partial charge in [0.1, 0.15) is 16.8 Å². The van der Waals surface area contributed by atoms with E-state index in [0.717, 1.165) is 12.8 Å². The molecule has 1 aromatic rings. The van der Waals surface area contributed by atoms with Gasteiger partial charge in [0.05, 0.1) is 6.61 Å². The van der Waals surface area contributed by atoms with Crippen LogP contribution in [0.3, 0.4) is 0 Å². The van der Waals surface area contributed by atoms with E-state index >= 15 is 0 Å². The van der Waals surface area contributed by atoms with Crippen molar-refractivity contribution in [3.8, 4) is 0 Å². The van der Waals surface area contributed by atoms with Crippen molar-refractivity contribution in [2.45, 2.75) is 52.2 Å². The molecule has 0 spiro atoms. The van der Waals surface area contributed by atoms with Crippen LogP contribution in [0.1, 0.15) is 47.0 Å². The summed E-state index contributed by atoms with van der Waals surface area (Å²) in [5.41, 5.74) is -0.331. The van der Waals surface area contributed by atoms with E-state index in [4.69, 9.17) is 40.2 Å². The molecule has 26 heavy (non-hydrogen) atoms. The minimum atomic E-state index is -0.331. The van der Waals surface area contributed by atoms with Crippen molar-refractivity contribution in [1.82, 2.24) is 9.97 Å². The van der Waals surface area contributed by atoms with E-state index in [2.05, 4.69) is 15.3 Å². The van der Waals surface area contributed by atoms with Gasteiger partial charge in [-0.3, -0.25) is 4.79 Å². The summed E-state index contributed by atoms with van der Waals surface area (Å²) >= 11 is 18.4. The topological polar surface area (TPSA) is 64.1 Å². The average molecular weight is 438 g/mol. The summed E-state index contributed by atoms with van der Waals surface area (Å²) in [6, 6.07) is 1.61. The fraction of sp³-hybridized carbons (Fsp3) is 0.647. The van der Waals surface area contributed by atoms with Gasteiger partial charge in [-0.25, -0.2) is 9.97 Å². The Morgan fingerprint density at radius 1 is 1.35 bits per heavy atom. The second kappa shape index (κ2) is 11.3. The van der Waals surface area contributed by atoms with Crippen molar-refractivity contribution in [3.63, 3.8) is 0 Å². The molecule has 0 bridgehead atoms. The zero-order chi connectivity index (χ0) is 19.7. The molecule has 1 rings (SSSR count). The molecular formula is C17H25Cl2N3O2S2. The number of nitrogens with zero attached hydrogens (tertiary/aromatic N) is 2. The third-order valence-corrected chi connectivity index (χ3v) is 5.38. The number of rotatable bonds is 9. The van der Waals surface area contributed by atoms with Crippen LogP contribution in [0.15, 0.2) is 6.07 Å². The van der Waals surface area contributed by atoms with Gasteiger partial charge in [-0.05, 0) is 43.6 Å². The Balaban J connectivity index is 2.60. The highest BCUT2D eigenvalue weighted by molar-refractivity contribution is 8.23. The number of thiocarbonyl (C=S) groups is 1. The summed E-state index contributed by atoms with van der Waals surface area (Å²) in [6.45, 7) is 8.88. The average Bonchev–Trinajstić information content (AvgIpc) is 2.50. The lowest BCUT2D eigenvalue weighted by Gasteiger charge is -2.20. The Labute approximate surface area is 175 Å². The largest absolute Gasteiger partial charge is 0.479 e. The summed E-state index contributed by atoms with van der Waals surface area (Å²) in [6.07, 6.45) is 2.04. The molecule has 1 aromatic heterocycles. The molecule has 1 atom stereocenters. The number of hydrogen-bond donors (Lipinski definition) is 1. The number of thioether (sulfide) groups is 1. The molecule has 5 nitrogen and oxygen atoms in total. The maximum Gasteiger partial charge on any atom is 0.225 e. The number of hydrogen-bond acceptors (Lipinski definition) is 7. The van der Waals surface area contributed by atoms with Crippen LogP contribution >= 0.6 is 47.2 Å². The first-order chi connectivity index (χ1) is 12.1. The SMILES string of the molecule is CCOC(=S)SC(CCNc1cc(Cl)nc(Cl)n1)CCC(=O)C(C)(C)C. The highest BCUT2D eigenvalue weighted by atomic mass is 35.5. The van der Waals surface area contributed by atoms with Crippen LogP contribution in [-0.4, -0.2) is 38.5 Å². The third-order valence-electron chi connectivity index (χ3n) is 3.50. The molecule has 0 radical (unpaired) electrons. The first-order valence-corrected chi connectivity index (χ1v) is 10.5. The number of nitrogens with one attached hydrogen (secondary N) is 1. The Bertz CT molecular complexity index is 604. The summed E-state index contributed by atoms with van der Waals surface area (Å²) in [5.74, 6) is 0.810. The molecular weight excluding hydrogens is 413 g/mol. The van der Waals surface area contributed by atoms with Crippen molar-refractivity contribution in [2.75, 3.05) is 18.5 Å². The number of anilines is 1. The number of ether oxygens (including phenoxy) is 1. The highest BCUT2D eigenvalue weighted by Gasteiger charge is 2.23. The number of aromatic nitrogens is 2. The van der Waals surface area contributed by atoms with Gasteiger partial charge in [-0.1, -0.05) is 44.1 Å². The molecule has 0 fully saturated rings. The lowest BCUT2D eigenvalue weighted by molar-refractivity contribution is -0.126. The minimum absolute atomic E-state index is 0.0965. The van der Waals surface area contributed by atoms with Crippen LogP contribution in [-0.2, 0) is 9.53 Å². The molecule has 0 amide bonds. The van der Waals surface area contributed by atoms with E-state index in [9.17, 15) is 4.79 Å². The predicted molar refractivity (Wildman–Crippen MR) is 114 cm³/mol. The van der Waals surface area contributed by atoms with Crippen LogP contribution in [0.25, 0.3) is 0 Å². The number of carbonyl (C=O) groups excluding carboxylic acids is 1. The van der Waals surface area contributed by atoms with Gasteiger partial charge in [0, 0.05) is 29.7 Å². The third kappa shape index (κ3) is 9.35. The normalized spacial score (nSPS) is 12.5. The maximum atomic E-state index is 12.2. The maximum absolute atomic E-state index is 12.2. The fourth-order valence-electron chi connectivity index (χ4n) is 2.06. The van der Waals surface area contributed by atoms with Crippen LogP contribution in [0.4, 0.5) is 5.82 Å². The van der Waals surface area contributed by atoms with E-state index in [0.29, 0.717) is 29.8 Å². The number of halogens is 2. The van der Waals surface area contributed by atoms with Crippen LogP contribution in [0.2, 0.25) is 10.4 Å². The van der Waals surface area contributed by atoms with E-state index in [1.807, 2.05) is 27.7 Å². The van der Waals surface area contributed by atoms with Crippen molar-refractivity contribution in [1.29, 1.82) is 0 Å². The fourth-order valence-corrected chi connectivity index (χ4v) is 3.92. The molecule has 1 unspecified atom stereocenters. The van der Waals surface area contributed by atoms with E-state index in [1.54, 1.807) is 6.07 Å². The standard InChI is InChI=1S/C17H25Cl2N3O2S2/c1-5-24-16(25)26-11(6-7-12(23)17(2,3)4)8-9-20-14-10-13(18)21-15(19)22-14/h10-11H,5-9H2,1-4H3,(H,20,21,22). The van der Waals surface area contributed by atoms with Gasteiger partial charge in [-0.15, -0.1) is 0 Å². The second-order valence-electron chi connectivity index (χ2n) is 6.70. The van der Waals surface area contributed by atoms with Gasteiger partial charge in [0.2, 0.25) is 9.67 Å². The van der Waals surface area contributed by atoms with Gasteiger partial charge >= 0.3 is 0 Å². The quantitative estimate of drug-likeness (QED) is 0.314. The molecule has 1 N–H and O–H groups in total. The molecule has 9 heteroatoms. The zero-order valence-corrected chi connectivity index (χ0v) is 18.6. The molecule has 146 valence electrons. The van der Waals surface area contributed by atoms with E-state index in [-0.39, 0.29) is 26.9 Å². The van der Waals surface area contributed by atoms with Crippen LogP contribution in [0.5, 0.6) is 0 Å². The minimum Gasteiger partial charge on any atom is -0.479 e. The van der Waals surface area contributed by atoms with Crippen molar-refractivity contribution >= 4 is 63.2 Å². The predicted octanol–water partition coefficient (Wildman–Crippen LogP) is 5.40. The van der Waals surface area contributed by atoms with Crippen molar-refractivity contribution < 1.29 is 9.53 Å². The summed E-state index contributed by atoms with van der Waals surface area (Å²) in [4.78, 5) is 20.1. The molecule has 0 aliphatic carbocycles. The summed E-state index contributed by atoms with van der Waals surface area (Å²) in [7, 11) is 0. The van der Waals surface area contributed by atoms with Crippen molar-refractivity contribution in [2.24, 2.45) is 5.41 Å². The molecule has 0 aliphatic rings. The van der Waals surface area contributed by atoms with Crippen LogP contribution < -0.4 is 5.32 Å². The molecule has 0 aromatic carbocycles. The van der Waals surface area contributed by atoms with Crippen molar-refractivity contribution in [3.05, 3.63) is 16.5 Å². The monoisotopic (exact) mass is 437 g/mol. The molecule has 1 heterocycles. The number of ketones is 1. The Kier molecular flexibility index (Phi) is 10.1. The number of Topliss-reactive ketones (excluding diaryl/α,β-unsaturated/α-hetero) is 1. The Morgan fingerprint density at radius 2 is 2.04 bits per heavy atom.